The highest BCUT2D eigenvalue weighted by molar-refractivity contribution is 5.54. The van der Waals surface area contributed by atoms with Gasteiger partial charge in [-0.15, -0.1) is 0 Å². The van der Waals surface area contributed by atoms with Crippen LogP contribution >= 0.6 is 0 Å². The van der Waals surface area contributed by atoms with Crippen molar-refractivity contribution in [3.05, 3.63) is 0 Å². The van der Waals surface area contributed by atoms with Crippen LogP contribution in [0.15, 0.2) is 4.99 Å². The zero-order valence-corrected chi connectivity index (χ0v) is 8.84. The molecule has 1 saturated heterocycles. The van der Waals surface area contributed by atoms with E-state index in [0.717, 1.165) is 6.54 Å². The van der Waals surface area contributed by atoms with E-state index in [1.54, 1.807) is 0 Å². The maximum Gasteiger partial charge on any atom is 0.0849 e. The SMILES string of the molecule is CCCCN=CN1CCCCCC1. The first-order valence-electron chi connectivity index (χ1n) is 5.67. The van der Waals surface area contributed by atoms with E-state index in [4.69, 9.17) is 0 Å². The van der Waals surface area contributed by atoms with Crippen LogP contribution in [-0.2, 0) is 0 Å². The zero-order chi connectivity index (χ0) is 9.36. The van der Waals surface area contributed by atoms with Crippen molar-refractivity contribution in [3.63, 3.8) is 0 Å². The summed E-state index contributed by atoms with van der Waals surface area (Å²) >= 11 is 0. The zero-order valence-electron chi connectivity index (χ0n) is 8.84. The second-order valence-electron chi connectivity index (χ2n) is 3.83. The highest BCUT2D eigenvalue weighted by atomic mass is 15.1. The highest BCUT2D eigenvalue weighted by Gasteiger charge is 2.03. The molecular weight excluding hydrogens is 160 g/mol. The van der Waals surface area contributed by atoms with Crippen LogP contribution in [0.25, 0.3) is 0 Å². The van der Waals surface area contributed by atoms with Gasteiger partial charge in [-0.05, 0) is 19.3 Å². The molecule has 0 saturated carbocycles. The minimum Gasteiger partial charge on any atom is -0.363 e. The summed E-state index contributed by atoms with van der Waals surface area (Å²) in [6, 6.07) is 0. The van der Waals surface area contributed by atoms with Gasteiger partial charge < -0.3 is 4.90 Å². The Labute approximate surface area is 82.0 Å². The summed E-state index contributed by atoms with van der Waals surface area (Å²) in [6.45, 7) is 5.65. The van der Waals surface area contributed by atoms with E-state index in [9.17, 15) is 0 Å². The molecule has 0 bridgehead atoms. The largest absolute Gasteiger partial charge is 0.363 e. The van der Waals surface area contributed by atoms with Crippen LogP contribution in [-0.4, -0.2) is 30.9 Å². The van der Waals surface area contributed by atoms with Gasteiger partial charge in [0.15, 0.2) is 0 Å². The van der Waals surface area contributed by atoms with E-state index < -0.39 is 0 Å². The third-order valence-electron chi connectivity index (χ3n) is 2.53. The fourth-order valence-electron chi connectivity index (χ4n) is 1.63. The Morgan fingerprint density at radius 3 is 2.46 bits per heavy atom. The molecular formula is C11H22N2. The molecule has 1 fully saturated rings. The predicted octanol–water partition coefficient (Wildman–Crippen LogP) is 2.69. The molecule has 76 valence electrons. The van der Waals surface area contributed by atoms with Crippen molar-refractivity contribution in [1.29, 1.82) is 0 Å². The molecule has 0 spiro atoms. The smallest absolute Gasteiger partial charge is 0.0849 e. The average molecular weight is 182 g/mol. The Morgan fingerprint density at radius 2 is 1.85 bits per heavy atom. The van der Waals surface area contributed by atoms with E-state index in [-0.39, 0.29) is 0 Å². The summed E-state index contributed by atoms with van der Waals surface area (Å²) in [4.78, 5) is 6.80. The van der Waals surface area contributed by atoms with Crippen molar-refractivity contribution >= 4 is 6.34 Å². The van der Waals surface area contributed by atoms with E-state index in [1.165, 1.54) is 51.6 Å². The highest BCUT2D eigenvalue weighted by Crippen LogP contribution is 2.07. The molecule has 0 aliphatic carbocycles. The van der Waals surface area contributed by atoms with Crippen molar-refractivity contribution in [2.24, 2.45) is 4.99 Å². The van der Waals surface area contributed by atoms with Crippen molar-refractivity contribution in [3.8, 4) is 0 Å². The third kappa shape index (κ3) is 4.91. The molecule has 0 N–H and O–H groups in total. The lowest BCUT2D eigenvalue weighted by molar-refractivity contribution is 0.446. The van der Waals surface area contributed by atoms with Gasteiger partial charge in [-0.3, -0.25) is 4.99 Å². The van der Waals surface area contributed by atoms with Crippen LogP contribution in [0.5, 0.6) is 0 Å². The molecule has 1 heterocycles. The molecule has 0 aromatic heterocycles. The van der Waals surface area contributed by atoms with Gasteiger partial charge in [0.1, 0.15) is 0 Å². The van der Waals surface area contributed by atoms with Crippen LogP contribution < -0.4 is 0 Å². The number of likely N-dealkylation sites (tertiary alicyclic amines) is 1. The Hall–Kier alpha value is -0.530. The summed E-state index contributed by atoms with van der Waals surface area (Å²) in [7, 11) is 0. The van der Waals surface area contributed by atoms with Crippen LogP contribution in [0, 0.1) is 0 Å². The number of rotatable bonds is 4. The number of aliphatic imine (C=N–C) groups is 1. The van der Waals surface area contributed by atoms with Crippen LogP contribution in [0.2, 0.25) is 0 Å². The van der Waals surface area contributed by atoms with Crippen molar-refractivity contribution in [2.75, 3.05) is 19.6 Å². The van der Waals surface area contributed by atoms with Crippen molar-refractivity contribution in [2.45, 2.75) is 45.4 Å². The second kappa shape index (κ2) is 6.93. The lowest BCUT2D eigenvalue weighted by Crippen LogP contribution is -2.22. The first-order chi connectivity index (χ1) is 6.43. The molecule has 1 aliphatic rings. The molecule has 0 radical (unpaired) electrons. The molecule has 2 heteroatoms. The maximum atomic E-state index is 4.43. The summed E-state index contributed by atoms with van der Waals surface area (Å²) in [5, 5.41) is 0. The van der Waals surface area contributed by atoms with E-state index >= 15 is 0 Å². The van der Waals surface area contributed by atoms with Gasteiger partial charge in [0.05, 0.1) is 6.34 Å². The first kappa shape index (κ1) is 10.6. The van der Waals surface area contributed by atoms with Gasteiger partial charge in [0, 0.05) is 19.6 Å². The molecule has 1 aliphatic heterocycles. The minimum atomic E-state index is 1.01. The number of hydrogen-bond acceptors (Lipinski definition) is 1. The van der Waals surface area contributed by atoms with E-state index in [0.29, 0.717) is 0 Å². The molecule has 13 heavy (non-hydrogen) atoms. The van der Waals surface area contributed by atoms with E-state index in [1.807, 2.05) is 0 Å². The van der Waals surface area contributed by atoms with Gasteiger partial charge in [0.2, 0.25) is 0 Å². The van der Waals surface area contributed by atoms with Gasteiger partial charge in [-0.1, -0.05) is 26.2 Å². The maximum absolute atomic E-state index is 4.43. The molecule has 2 nitrogen and oxygen atoms in total. The molecule has 0 aromatic rings. The van der Waals surface area contributed by atoms with Crippen LogP contribution in [0.1, 0.15) is 45.4 Å². The summed E-state index contributed by atoms with van der Waals surface area (Å²) in [5.41, 5.74) is 0. The minimum absolute atomic E-state index is 1.01. The quantitative estimate of drug-likeness (QED) is 0.371. The van der Waals surface area contributed by atoms with Gasteiger partial charge >= 0.3 is 0 Å². The Morgan fingerprint density at radius 1 is 1.15 bits per heavy atom. The Kier molecular flexibility index (Phi) is 5.62. The predicted molar refractivity (Wildman–Crippen MR) is 58.3 cm³/mol. The van der Waals surface area contributed by atoms with Gasteiger partial charge in [-0.25, -0.2) is 0 Å². The summed E-state index contributed by atoms with van der Waals surface area (Å²) < 4.78 is 0. The summed E-state index contributed by atoms with van der Waals surface area (Å²) in [6.07, 6.45) is 10.0. The Balaban J connectivity index is 2.13. The standard InChI is InChI=1S/C11H22N2/c1-2-3-8-12-11-13-9-6-4-5-7-10-13/h11H,2-10H2,1H3. The molecule has 1 rings (SSSR count). The van der Waals surface area contributed by atoms with E-state index in [2.05, 4.69) is 23.2 Å². The first-order valence-corrected chi connectivity index (χ1v) is 5.67. The molecule has 0 atom stereocenters. The fourth-order valence-corrected chi connectivity index (χ4v) is 1.63. The fraction of sp³-hybridized carbons (Fsp3) is 0.909. The van der Waals surface area contributed by atoms with Crippen LogP contribution in [0.4, 0.5) is 0 Å². The average Bonchev–Trinajstić information content (AvgIpc) is 2.41. The number of hydrogen-bond donors (Lipinski definition) is 0. The van der Waals surface area contributed by atoms with Gasteiger partial charge in [-0.2, -0.15) is 0 Å². The monoisotopic (exact) mass is 182 g/mol. The third-order valence-corrected chi connectivity index (χ3v) is 2.53. The van der Waals surface area contributed by atoms with Crippen molar-refractivity contribution in [1.82, 2.24) is 4.90 Å². The number of unbranched alkanes of at least 4 members (excludes halogenated alkanes) is 1. The summed E-state index contributed by atoms with van der Waals surface area (Å²) in [5.74, 6) is 0. The second-order valence-corrected chi connectivity index (χ2v) is 3.83. The lowest BCUT2D eigenvalue weighted by Gasteiger charge is -2.15. The lowest BCUT2D eigenvalue weighted by atomic mass is 10.2. The van der Waals surface area contributed by atoms with Crippen LogP contribution in [0.3, 0.4) is 0 Å². The molecule has 0 amide bonds. The molecule has 0 aromatic carbocycles. The topological polar surface area (TPSA) is 15.6 Å². The molecule has 0 unspecified atom stereocenters. The van der Waals surface area contributed by atoms with Crippen molar-refractivity contribution < 1.29 is 0 Å². The van der Waals surface area contributed by atoms with Gasteiger partial charge in [0.25, 0.3) is 0 Å². The Bertz CT molecular complexity index is 135. The normalized spacial score (nSPS) is 19.3. The number of nitrogens with zero attached hydrogens (tertiary/aromatic N) is 2.